The molecule has 0 N–H and O–H groups in total. The molecule has 1 aliphatic carbocycles. The van der Waals surface area contributed by atoms with Crippen molar-refractivity contribution >= 4 is 5.71 Å². The predicted octanol–water partition coefficient (Wildman–Crippen LogP) is 4.76. The van der Waals surface area contributed by atoms with Gasteiger partial charge < -0.3 is 0 Å². The third kappa shape index (κ3) is 2.43. The zero-order chi connectivity index (χ0) is 12.3. The molecule has 91 valence electrons. The molecule has 0 spiro atoms. The summed E-state index contributed by atoms with van der Waals surface area (Å²) < 4.78 is 0. The van der Waals surface area contributed by atoms with Gasteiger partial charge in [-0.15, -0.1) is 0 Å². The lowest BCUT2D eigenvalue weighted by molar-refractivity contribution is 0.853. The van der Waals surface area contributed by atoms with Crippen LogP contribution >= 0.6 is 0 Å². The second-order valence-electron chi connectivity index (χ2n) is 4.84. The largest absolute Gasteiger partial charge is 0.252 e. The van der Waals surface area contributed by atoms with Crippen LogP contribution in [0.25, 0.3) is 0 Å². The number of hydrogen-bond acceptors (Lipinski definition) is 1. The van der Waals surface area contributed by atoms with Crippen molar-refractivity contribution in [3.63, 3.8) is 0 Å². The van der Waals surface area contributed by atoms with Crippen LogP contribution in [0.5, 0.6) is 0 Å². The van der Waals surface area contributed by atoms with E-state index in [9.17, 15) is 0 Å². The fraction of sp³-hybridized carbons (Fsp3) is 0.562. The molecule has 0 atom stereocenters. The molecule has 0 aromatic heterocycles. The van der Waals surface area contributed by atoms with Crippen molar-refractivity contribution in [1.82, 2.24) is 0 Å². The standard InChI is InChI=1S/C16H22N/c1-4-7-12-10-16-15(14(12)9-6-3)11-13(17-16)8-5-2/h10H,4-9H2,1-3H3. The first-order valence-corrected chi connectivity index (χ1v) is 6.96. The van der Waals surface area contributed by atoms with Crippen LogP contribution in [-0.2, 0) is 0 Å². The summed E-state index contributed by atoms with van der Waals surface area (Å²) >= 11 is 0. The SMILES string of the molecule is CCCC1=[C]C2=C(CCC)C(CCC)=CC2=N1. The van der Waals surface area contributed by atoms with E-state index in [-0.39, 0.29) is 0 Å². The third-order valence-electron chi connectivity index (χ3n) is 3.29. The van der Waals surface area contributed by atoms with Gasteiger partial charge in [0.2, 0.25) is 0 Å². The van der Waals surface area contributed by atoms with Crippen LogP contribution in [-0.4, -0.2) is 5.71 Å². The smallest absolute Gasteiger partial charge is 0.0718 e. The average Bonchev–Trinajstić information content (AvgIpc) is 2.80. The van der Waals surface area contributed by atoms with Crippen LogP contribution in [0.15, 0.2) is 33.5 Å². The van der Waals surface area contributed by atoms with Crippen LogP contribution in [0.4, 0.5) is 0 Å². The molecule has 0 bridgehead atoms. The maximum absolute atomic E-state index is 4.69. The molecule has 1 aliphatic heterocycles. The maximum Gasteiger partial charge on any atom is 0.0718 e. The number of fused-ring (bicyclic) bond motifs is 1. The maximum atomic E-state index is 4.69. The van der Waals surface area contributed by atoms with Gasteiger partial charge in [0.05, 0.1) is 5.71 Å². The highest BCUT2D eigenvalue weighted by Gasteiger charge is 2.24. The summed E-state index contributed by atoms with van der Waals surface area (Å²) in [5.74, 6) is 0. The molecule has 1 heterocycles. The van der Waals surface area contributed by atoms with Crippen molar-refractivity contribution < 1.29 is 0 Å². The van der Waals surface area contributed by atoms with Crippen LogP contribution < -0.4 is 0 Å². The molecule has 17 heavy (non-hydrogen) atoms. The van der Waals surface area contributed by atoms with E-state index < -0.39 is 0 Å². The van der Waals surface area contributed by atoms with E-state index in [0.29, 0.717) is 0 Å². The zero-order valence-electron chi connectivity index (χ0n) is 11.3. The Balaban J connectivity index is 2.26. The molecule has 1 radical (unpaired) electrons. The van der Waals surface area contributed by atoms with Crippen molar-refractivity contribution in [3.05, 3.63) is 34.6 Å². The van der Waals surface area contributed by atoms with Crippen molar-refractivity contribution in [2.75, 3.05) is 0 Å². The fourth-order valence-electron chi connectivity index (χ4n) is 2.57. The van der Waals surface area contributed by atoms with Crippen molar-refractivity contribution in [1.29, 1.82) is 0 Å². The van der Waals surface area contributed by atoms with Gasteiger partial charge in [-0.2, -0.15) is 0 Å². The minimum absolute atomic E-state index is 1.06. The first-order valence-electron chi connectivity index (χ1n) is 6.96. The van der Waals surface area contributed by atoms with Crippen LogP contribution in [0.3, 0.4) is 0 Å². The molecule has 0 saturated heterocycles. The summed E-state index contributed by atoms with van der Waals surface area (Å²) in [7, 11) is 0. The summed E-state index contributed by atoms with van der Waals surface area (Å²) in [5, 5.41) is 0. The van der Waals surface area contributed by atoms with E-state index in [2.05, 4.69) is 32.9 Å². The highest BCUT2D eigenvalue weighted by atomic mass is 14.8. The molecule has 0 fully saturated rings. The van der Waals surface area contributed by atoms with E-state index in [1.54, 1.807) is 0 Å². The van der Waals surface area contributed by atoms with Gasteiger partial charge in [-0.3, -0.25) is 4.99 Å². The van der Waals surface area contributed by atoms with Gasteiger partial charge in [0.25, 0.3) is 0 Å². The molecule has 0 aromatic rings. The van der Waals surface area contributed by atoms with Crippen molar-refractivity contribution in [2.45, 2.75) is 59.3 Å². The first-order chi connectivity index (χ1) is 8.30. The van der Waals surface area contributed by atoms with Crippen LogP contribution in [0.2, 0.25) is 0 Å². The third-order valence-corrected chi connectivity index (χ3v) is 3.29. The van der Waals surface area contributed by atoms with Crippen molar-refractivity contribution in [3.8, 4) is 0 Å². The zero-order valence-corrected chi connectivity index (χ0v) is 11.3. The lowest BCUT2D eigenvalue weighted by Gasteiger charge is -2.07. The highest BCUT2D eigenvalue weighted by Crippen LogP contribution is 2.36. The number of nitrogens with zero attached hydrogens (tertiary/aromatic N) is 1. The molecular weight excluding hydrogens is 206 g/mol. The van der Waals surface area contributed by atoms with Crippen LogP contribution in [0, 0.1) is 6.08 Å². The Hall–Kier alpha value is -1.11. The number of aliphatic imine (C=N–C) groups is 1. The predicted molar refractivity (Wildman–Crippen MR) is 74.0 cm³/mol. The summed E-state index contributed by atoms with van der Waals surface area (Å²) in [4.78, 5) is 4.69. The molecule has 0 aromatic carbocycles. The Kier molecular flexibility index (Phi) is 3.98. The van der Waals surface area contributed by atoms with Gasteiger partial charge in [0.1, 0.15) is 0 Å². The van der Waals surface area contributed by atoms with E-state index in [1.165, 1.54) is 48.1 Å². The normalized spacial score (nSPS) is 18.2. The first kappa shape index (κ1) is 12.3. The Morgan fingerprint density at radius 3 is 2.35 bits per heavy atom. The molecule has 2 rings (SSSR count). The van der Waals surface area contributed by atoms with E-state index in [4.69, 9.17) is 4.99 Å². The summed E-state index contributed by atoms with van der Waals surface area (Å²) in [5.41, 5.74) is 6.65. The van der Waals surface area contributed by atoms with Gasteiger partial charge in [0.15, 0.2) is 0 Å². The second kappa shape index (κ2) is 5.48. The van der Waals surface area contributed by atoms with Gasteiger partial charge >= 0.3 is 0 Å². The highest BCUT2D eigenvalue weighted by molar-refractivity contribution is 6.16. The second-order valence-corrected chi connectivity index (χ2v) is 4.84. The molecule has 1 nitrogen and oxygen atoms in total. The molecule has 0 saturated carbocycles. The minimum atomic E-state index is 1.06. The number of rotatable bonds is 6. The Labute approximate surface area is 105 Å². The molecule has 1 heteroatoms. The quantitative estimate of drug-likeness (QED) is 0.621. The Bertz CT molecular complexity index is 419. The van der Waals surface area contributed by atoms with Gasteiger partial charge in [-0.25, -0.2) is 0 Å². The van der Waals surface area contributed by atoms with Crippen molar-refractivity contribution in [2.24, 2.45) is 4.99 Å². The lowest BCUT2D eigenvalue weighted by Crippen LogP contribution is -1.91. The van der Waals surface area contributed by atoms with Gasteiger partial charge in [0, 0.05) is 17.3 Å². The summed E-state index contributed by atoms with van der Waals surface area (Å²) in [6, 6.07) is 0. The Morgan fingerprint density at radius 1 is 1.00 bits per heavy atom. The number of allylic oxidation sites excluding steroid dienone is 6. The van der Waals surface area contributed by atoms with E-state index in [0.717, 1.165) is 18.5 Å². The summed E-state index contributed by atoms with van der Waals surface area (Å²) in [6.45, 7) is 6.69. The average molecular weight is 228 g/mol. The number of hydrogen-bond donors (Lipinski definition) is 0. The van der Waals surface area contributed by atoms with E-state index in [1.807, 2.05) is 0 Å². The molecular formula is C16H22N. The topological polar surface area (TPSA) is 12.4 Å². The monoisotopic (exact) mass is 228 g/mol. The summed E-state index contributed by atoms with van der Waals surface area (Å²) in [6.07, 6.45) is 12.8. The molecule has 0 unspecified atom stereocenters. The lowest BCUT2D eigenvalue weighted by atomic mass is 9.97. The van der Waals surface area contributed by atoms with Gasteiger partial charge in [-0.05, 0) is 36.5 Å². The Morgan fingerprint density at radius 2 is 1.71 bits per heavy atom. The molecule has 0 amide bonds. The molecule has 2 aliphatic rings. The van der Waals surface area contributed by atoms with E-state index >= 15 is 0 Å². The van der Waals surface area contributed by atoms with Gasteiger partial charge in [-0.1, -0.05) is 40.0 Å². The fourth-order valence-corrected chi connectivity index (χ4v) is 2.57. The van der Waals surface area contributed by atoms with Crippen LogP contribution in [0.1, 0.15) is 59.3 Å². The minimum Gasteiger partial charge on any atom is -0.252 e.